The molecule has 0 aromatic heterocycles. The lowest BCUT2D eigenvalue weighted by atomic mass is 9.92. The third-order valence-electron chi connectivity index (χ3n) is 4.37. The first-order valence-electron chi connectivity index (χ1n) is 9.19. The number of carbonyl (C=O) groups excluding carboxylic acids is 1. The fourth-order valence-electron chi connectivity index (χ4n) is 2.45. The lowest BCUT2D eigenvalue weighted by molar-refractivity contribution is -0.128. The summed E-state index contributed by atoms with van der Waals surface area (Å²) < 4.78 is 0. The van der Waals surface area contributed by atoms with E-state index in [0.717, 1.165) is 12.5 Å². The van der Waals surface area contributed by atoms with E-state index in [9.17, 15) is 4.79 Å². The Balaban J connectivity index is 2.77. The van der Waals surface area contributed by atoms with Crippen LogP contribution < -0.4 is 16.0 Å². The Morgan fingerprint density at radius 1 is 1.08 bits per heavy atom. The summed E-state index contributed by atoms with van der Waals surface area (Å²) in [5.74, 6) is 1.12. The number of nitrogens with one attached hydrogen (secondary N) is 3. The summed E-state index contributed by atoms with van der Waals surface area (Å²) in [6, 6.07) is 10.7. The molecular formula is C20H34N4O. The number of guanidine groups is 1. The molecule has 1 aromatic rings. The van der Waals surface area contributed by atoms with Gasteiger partial charge >= 0.3 is 0 Å². The van der Waals surface area contributed by atoms with E-state index in [1.54, 1.807) is 0 Å². The van der Waals surface area contributed by atoms with E-state index in [1.165, 1.54) is 5.56 Å². The summed E-state index contributed by atoms with van der Waals surface area (Å²) in [4.78, 5) is 16.8. The number of hydrogen-bond acceptors (Lipinski definition) is 2. The molecule has 140 valence electrons. The molecule has 1 amide bonds. The average molecular weight is 347 g/mol. The predicted molar refractivity (Wildman–Crippen MR) is 106 cm³/mol. The fourth-order valence-corrected chi connectivity index (χ4v) is 2.45. The maximum atomic E-state index is 12.1. The molecule has 0 aliphatic rings. The van der Waals surface area contributed by atoms with Crippen LogP contribution in [0.1, 0.15) is 53.0 Å². The Labute approximate surface area is 152 Å². The molecule has 2 unspecified atom stereocenters. The standard InChI is InChI=1S/C20H34N4O/c1-7-21-18(25)20(5,6)14-23-19(22-8-2)24-16(4)15(3)17-12-10-9-11-13-17/h9-13,15-16H,7-8,14H2,1-6H3,(H,21,25)(H2,22,23,24). The van der Waals surface area contributed by atoms with Gasteiger partial charge in [0, 0.05) is 25.0 Å². The molecule has 1 rings (SSSR count). The molecule has 0 saturated carbocycles. The number of nitrogens with zero attached hydrogens (tertiary/aromatic N) is 1. The van der Waals surface area contributed by atoms with Crippen LogP contribution in [0.2, 0.25) is 0 Å². The van der Waals surface area contributed by atoms with E-state index in [2.05, 4.69) is 59.1 Å². The minimum Gasteiger partial charge on any atom is -0.357 e. The molecule has 0 spiro atoms. The monoisotopic (exact) mass is 346 g/mol. The molecule has 0 aliphatic heterocycles. The zero-order valence-electron chi connectivity index (χ0n) is 16.5. The Morgan fingerprint density at radius 2 is 1.68 bits per heavy atom. The van der Waals surface area contributed by atoms with Gasteiger partial charge in [-0.15, -0.1) is 0 Å². The van der Waals surface area contributed by atoms with Crippen molar-refractivity contribution in [3.8, 4) is 0 Å². The van der Waals surface area contributed by atoms with Crippen LogP contribution >= 0.6 is 0 Å². The number of amides is 1. The van der Waals surface area contributed by atoms with Crippen molar-refractivity contribution in [3.63, 3.8) is 0 Å². The Morgan fingerprint density at radius 3 is 2.24 bits per heavy atom. The number of rotatable bonds is 8. The van der Waals surface area contributed by atoms with E-state index in [4.69, 9.17) is 0 Å². The van der Waals surface area contributed by atoms with Crippen molar-refractivity contribution >= 4 is 11.9 Å². The van der Waals surface area contributed by atoms with E-state index >= 15 is 0 Å². The Bertz CT molecular complexity index is 554. The predicted octanol–water partition coefficient (Wildman–Crippen LogP) is 2.90. The summed E-state index contributed by atoms with van der Waals surface area (Å²) in [5, 5.41) is 9.61. The topological polar surface area (TPSA) is 65.5 Å². The van der Waals surface area contributed by atoms with Gasteiger partial charge in [-0.25, -0.2) is 0 Å². The third-order valence-corrected chi connectivity index (χ3v) is 4.37. The summed E-state index contributed by atoms with van der Waals surface area (Å²) in [6.07, 6.45) is 0. The van der Waals surface area contributed by atoms with Crippen molar-refractivity contribution < 1.29 is 4.79 Å². The fraction of sp³-hybridized carbons (Fsp3) is 0.600. The molecule has 5 heteroatoms. The van der Waals surface area contributed by atoms with Crippen molar-refractivity contribution in [1.82, 2.24) is 16.0 Å². The van der Waals surface area contributed by atoms with E-state index in [0.29, 0.717) is 19.0 Å². The van der Waals surface area contributed by atoms with Gasteiger partial charge in [0.05, 0.1) is 12.0 Å². The maximum absolute atomic E-state index is 12.1. The van der Waals surface area contributed by atoms with Crippen molar-refractivity contribution in [2.45, 2.75) is 53.5 Å². The highest BCUT2D eigenvalue weighted by Gasteiger charge is 2.27. The van der Waals surface area contributed by atoms with Crippen LogP contribution in [0.25, 0.3) is 0 Å². The molecule has 25 heavy (non-hydrogen) atoms. The molecule has 0 fully saturated rings. The zero-order chi connectivity index (χ0) is 18.9. The Kier molecular flexibility index (Phi) is 8.46. The Hall–Kier alpha value is -2.04. The second-order valence-electron chi connectivity index (χ2n) is 7.07. The second kappa shape index (κ2) is 10.1. The number of carbonyl (C=O) groups is 1. The highest BCUT2D eigenvalue weighted by atomic mass is 16.2. The minimum absolute atomic E-state index is 0.0281. The second-order valence-corrected chi connectivity index (χ2v) is 7.07. The van der Waals surface area contributed by atoms with Gasteiger partial charge in [0.15, 0.2) is 5.96 Å². The first-order valence-corrected chi connectivity index (χ1v) is 9.19. The van der Waals surface area contributed by atoms with Gasteiger partial charge in [0.1, 0.15) is 0 Å². The number of benzene rings is 1. The molecular weight excluding hydrogens is 312 g/mol. The van der Waals surface area contributed by atoms with Crippen LogP contribution in [0, 0.1) is 5.41 Å². The molecule has 1 aromatic carbocycles. The van der Waals surface area contributed by atoms with Crippen LogP contribution in [0.15, 0.2) is 35.3 Å². The molecule has 0 radical (unpaired) electrons. The van der Waals surface area contributed by atoms with Gasteiger partial charge in [0.25, 0.3) is 0 Å². The summed E-state index contributed by atoms with van der Waals surface area (Å²) in [5.41, 5.74) is 0.758. The van der Waals surface area contributed by atoms with Crippen molar-refractivity contribution in [3.05, 3.63) is 35.9 Å². The zero-order valence-corrected chi connectivity index (χ0v) is 16.5. The quantitative estimate of drug-likeness (QED) is 0.501. The summed E-state index contributed by atoms with van der Waals surface area (Å²) in [7, 11) is 0. The molecule has 3 N–H and O–H groups in total. The van der Waals surface area contributed by atoms with Gasteiger partial charge in [0.2, 0.25) is 5.91 Å². The SMILES string of the molecule is CCNC(=O)C(C)(C)CN=C(NCC)NC(C)C(C)c1ccccc1. The van der Waals surface area contributed by atoms with Crippen LogP contribution in [0.4, 0.5) is 0 Å². The summed E-state index contributed by atoms with van der Waals surface area (Å²) >= 11 is 0. The highest BCUT2D eigenvalue weighted by Crippen LogP contribution is 2.19. The smallest absolute Gasteiger partial charge is 0.227 e. The number of hydrogen-bond donors (Lipinski definition) is 3. The minimum atomic E-state index is -0.535. The van der Waals surface area contributed by atoms with Crippen molar-refractivity contribution in [2.75, 3.05) is 19.6 Å². The van der Waals surface area contributed by atoms with E-state index in [-0.39, 0.29) is 11.9 Å². The van der Waals surface area contributed by atoms with Crippen molar-refractivity contribution in [2.24, 2.45) is 10.4 Å². The molecule has 5 nitrogen and oxygen atoms in total. The molecule has 0 saturated heterocycles. The average Bonchev–Trinajstić information content (AvgIpc) is 2.60. The van der Waals surface area contributed by atoms with E-state index < -0.39 is 5.41 Å². The van der Waals surface area contributed by atoms with Crippen LogP contribution in [-0.2, 0) is 4.79 Å². The largest absolute Gasteiger partial charge is 0.357 e. The normalized spacial score (nSPS) is 14.6. The van der Waals surface area contributed by atoms with Gasteiger partial charge < -0.3 is 16.0 Å². The van der Waals surface area contributed by atoms with Crippen LogP contribution in [-0.4, -0.2) is 37.5 Å². The summed E-state index contributed by atoms with van der Waals surface area (Å²) in [6.45, 7) is 14.0. The lowest BCUT2D eigenvalue weighted by Crippen LogP contribution is -2.45. The number of aliphatic imine (C=N–C) groups is 1. The lowest BCUT2D eigenvalue weighted by Gasteiger charge is -2.25. The molecule has 0 bridgehead atoms. The van der Waals surface area contributed by atoms with Gasteiger partial charge in [-0.05, 0) is 40.2 Å². The first kappa shape index (κ1) is 21.0. The molecule has 0 heterocycles. The highest BCUT2D eigenvalue weighted by molar-refractivity contribution is 5.83. The van der Waals surface area contributed by atoms with Crippen LogP contribution in [0.3, 0.4) is 0 Å². The van der Waals surface area contributed by atoms with Gasteiger partial charge in [-0.3, -0.25) is 9.79 Å². The van der Waals surface area contributed by atoms with Gasteiger partial charge in [-0.2, -0.15) is 0 Å². The first-order chi connectivity index (χ1) is 11.8. The third kappa shape index (κ3) is 6.77. The van der Waals surface area contributed by atoms with Crippen molar-refractivity contribution in [1.29, 1.82) is 0 Å². The van der Waals surface area contributed by atoms with Gasteiger partial charge in [-0.1, -0.05) is 37.3 Å². The van der Waals surface area contributed by atoms with E-state index in [1.807, 2.05) is 33.8 Å². The van der Waals surface area contributed by atoms with Crippen LogP contribution in [0.5, 0.6) is 0 Å². The molecule has 0 aliphatic carbocycles. The molecule has 2 atom stereocenters. The maximum Gasteiger partial charge on any atom is 0.227 e.